The molecule has 2 aromatic rings. The van der Waals surface area contributed by atoms with Gasteiger partial charge < -0.3 is 5.32 Å². The third-order valence-electron chi connectivity index (χ3n) is 3.11. The van der Waals surface area contributed by atoms with Crippen molar-refractivity contribution in [2.24, 2.45) is 0 Å². The van der Waals surface area contributed by atoms with Crippen molar-refractivity contribution < 1.29 is 0 Å². The Balaban J connectivity index is 1.73. The van der Waals surface area contributed by atoms with E-state index in [0.717, 1.165) is 24.4 Å². The van der Waals surface area contributed by atoms with E-state index in [2.05, 4.69) is 27.2 Å². The van der Waals surface area contributed by atoms with E-state index in [1.807, 2.05) is 23.2 Å². The van der Waals surface area contributed by atoms with Crippen molar-refractivity contribution in [1.82, 2.24) is 24.8 Å². The second-order valence-corrected chi connectivity index (χ2v) is 4.61. The lowest BCUT2D eigenvalue weighted by Gasteiger charge is -2.06. The second-order valence-electron chi connectivity index (χ2n) is 4.61. The molecular weight excluding hydrogens is 226 g/mol. The van der Waals surface area contributed by atoms with Crippen LogP contribution in [0, 0.1) is 0 Å². The van der Waals surface area contributed by atoms with E-state index in [1.165, 1.54) is 12.8 Å². The number of rotatable bonds is 5. The molecule has 0 aliphatic heterocycles. The molecule has 1 N–H and O–H groups in total. The molecule has 0 bridgehead atoms. The Morgan fingerprint density at radius 2 is 2.06 bits per heavy atom. The average molecular weight is 243 g/mol. The Bertz CT molecular complexity index is 512. The van der Waals surface area contributed by atoms with Crippen LogP contribution in [0.15, 0.2) is 24.8 Å². The molecule has 0 atom stereocenters. The van der Waals surface area contributed by atoms with Gasteiger partial charge >= 0.3 is 0 Å². The smallest absolute Gasteiger partial charge is 0.235 e. The number of hydrogen-bond donors (Lipinski definition) is 1. The largest absolute Gasteiger partial charge is 0.310 e. The van der Waals surface area contributed by atoms with Gasteiger partial charge in [-0.3, -0.25) is 4.57 Å². The van der Waals surface area contributed by atoms with E-state index in [4.69, 9.17) is 0 Å². The molecule has 3 rings (SSSR count). The Morgan fingerprint density at radius 1 is 1.28 bits per heavy atom. The summed E-state index contributed by atoms with van der Waals surface area (Å²) in [6.07, 6.45) is 10.9. The molecule has 2 heterocycles. The van der Waals surface area contributed by atoms with Crippen LogP contribution >= 0.6 is 0 Å². The highest BCUT2D eigenvalue weighted by atomic mass is 15.2. The molecule has 0 aromatic carbocycles. The molecule has 0 radical (unpaired) electrons. The fourth-order valence-corrected chi connectivity index (χ4v) is 1.89. The van der Waals surface area contributed by atoms with Crippen LogP contribution in [-0.2, 0) is 13.0 Å². The molecule has 0 spiro atoms. The molecular formula is C13H17N5. The second kappa shape index (κ2) is 4.86. The lowest BCUT2D eigenvalue weighted by atomic mass is 10.3. The zero-order valence-corrected chi connectivity index (χ0v) is 10.5. The maximum Gasteiger partial charge on any atom is 0.235 e. The lowest BCUT2D eigenvalue weighted by molar-refractivity contribution is 0.681. The van der Waals surface area contributed by atoms with Gasteiger partial charge in [0.1, 0.15) is 5.82 Å². The van der Waals surface area contributed by atoms with Gasteiger partial charge in [0, 0.05) is 49.4 Å². The van der Waals surface area contributed by atoms with E-state index < -0.39 is 0 Å². The maximum atomic E-state index is 4.40. The maximum absolute atomic E-state index is 4.40. The van der Waals surface area contributed by atoms with Crippen LogP contribution in [0.25, 0.3) is 5.95 Å². The minimum Gasteiger partial charge on any atom is -0.310 e. The summed E-state index contributed by atoms with van der Waals surface area (Å²) in [7, 11) is 0. The van der Waals surface area contributed by atoms with Gasteiger partial charge in [-0.15, -0.1) is 0 Å². The summed E-state index contributed by atoms with van der Waals surface area (Å²) >= 11 is 0. The molecule has 1 fully saturated rings. The van der Waals surface area contributed by atoms with Crippen molar-refractivity contribution in [2.75, 3.05) is 0 Å². The topological polar surface area (TPSA) is 55.6 Å². The number of hydrogen-bond acceptors (Lipinski definition) is 4. The third kappa shape index (κ3) is 2.41. The molecule has 0 saturated heterocycles. The molecule has 2 aromatic heterocycles. The molecule has 0 unspecified atom stereocenters. The first-order chi connectivity index (χ1) is 8.86. The predicted molar refractivity (Wildman–Crippen MR) is 68.4 cm³/mol. The van der Waals surface area contributed by atoms with Gasteiger partial charge in [-0.05, 0) is 12.8 Å². The van der Waals surface area contributed by atoms with E-state index >= 15 is 0 Å². The number of aryl methyl sites for hydroxylation is 1. The Kier molecular flexibility index (Phi) is 3.06. The van der Waals surface area contributed by atoms with E-state index in [-0.39, 0.29) is 0 Å². The quantitative estimate of drug-likeness (QED) is 0.864. The molecule has 18 heavy (non-hydrogen) atoms. The molecule has 94 valence electrons. The highest BCUT2D eigenvalue weighted by Crippen LogP contribution is 2.19. The molecule has 5 nitrogen and oxygen atoms in total. The minimum absolute atomic E-state index is 0.694. The van der Waals surface area contributed by atoms with Crippen LogP contribution in [0.3, 0.4) is 0 Å². The molecule has 0 amide bonds. The fraction of sp³-hybridized carbons (Fsp3) is 0.462. The fourth-order valence-electron chi connectivity index (χ4n) is 1.89. The van der Waals surface area contributed by atoms with Crippen LogP contribution in [0.4, 0.5) is 0 Å². The van der Waals surface area contributed by atoms with Gasteiger partial charge in [0.2, 0.25) is 5.95 Å². The van der Waals surface area contributed by atoms with Gasteiger partial charge in [-0.1, -0.05) is 6.92 Å². The summed E-state index contributed by atoms with van der Waals surface area (Å²) in [6, 6.07) is 0.713. The predicted octanol–water partition coefficient (Wildman–Crippen LogP) is 1.48. The highest BCUT2D eigenvalue weighted by molar-refractivity contribution is 5.17. The van der Waals surface area contributed by atoms with E-state index in [9.17, 15) is 0 Å². The normalized spacial score (nSPS) is 14.9. The van der Waals surface area contributed by atoms with Gasteiger partial charge in [0.25, 0.3) is 0 Å². The van der Waals surface area contributed by atoms with Crippen molar-refractivity contribution in [1.29, 1.82) is 0 Å². The summed E-state index contributed by atoms with van der Waals surface area (Å²) in [4.78, 5) is 13.1. The van der Waals surface area contributed by atoms with E-state index in [0.29, 0.717) is 12.0 Å². The van der Waals surface area contributed by atoms with Crippen molar-refractivity contribution in [3.05, 3.63) is 36.2 Å². The molecule has 1 aliphatic carbocycles. The van der Waals surface area contributed by atoms with Gasteiger partial charge in [0.15, 0.2) is 0 Å². The lowest BCUT2D eigenvalue weighted by Crippen LogP contribution is -2.16. The Hall–Kier alpha value is -1.75. The van der Waals surface area contributed by atoms with Gasteiger partial charge in [-0.2, -0.15) is 0 Å². The first-order valence-electron chi connectivity index (χ1n) is 6.43. The average Bonchev–Trinajstić information content (AvgIpc) is 3.12. The SMILES string of the molecule is CCc1nccn1-c1ncc(CNC2CC2)cn1. The summed E-state index contributed by atoms with van der Waals surface area (Å²) in [6.45, 7) is 2.93. The monoisotopic (exact) mass is 243 g/mol. The van der Waals surface area contributed by atoms with Crippen LogP contribution < -0.4 is 5.32 Å². The summed E-state index contributed by atoms with van der Waals surface area (Å²) < 4.78 is 1.93. The van der Waals surface area contributed by atoms with Crippen LogP contribution in [0.1, 0.15) is 31.2 Å². The third-order valence-corrected chi connectivity index (χ3v) is 3.11. The first kappa shape index (κ1) is 11.3. The summed E-state index contributed by atoms with van der Waals surface area (Å²) in [5, 5.41) is 3.45. The number of aromatic nitrogens is 4. The molecule has 1 aliphatic rings. The minimum atomic E-state index is 0.694. The van der Waals surface area contributed by atoms with Crippen molar-refractivity contribution in [2.45, 2.75) is 38.8 Å². The van der Waals surface area contributed by atoms with Crippen LogP contribution in [-0.4, -0.2) is 25.6 Å². The van der Waals surface area contributed by atoms with Gasteiger partial charge in [-0.25, -0.2) is 15.0 Å². The van der Waals surface area contributed by atoms with Crippen LogP contribution in [0.2, 0.25) is 0 Å². The first-order valence-corrected chi connectivity index (χ1v) is 6.43. The van der Waals surface area contributed by atoms with E-state index in [1.54, 1.807) is 6.20 Å². The van der Waals surface area contributed by atoms with Crippen molar-refractivity contribution in [3.8, 4) is 5.95 Å². The standard InChI is InChI=1S/C13H17N5/c1-2-12-14-5-6-18(12)13-16-8-10(9-17-13)7-15-11-3-4-11/h5-6,8-9,11,15H,2-4,7H2,1H3. The van der Waals surface area contributed by atoms with Crippen molar-refractivity contribution >= 4 is 0 Å². The Labute approximate surface area is 106 Å². The summed E-state index contributed by atoms with van der Waals surface area (Å²) in [5.74, 6) is 1.68. The van der Waals surface area contributed by atoms with Crippen molar-refractivity contribution in [3.63, 3.8) is 0 Å². The summed E-state index contributed by atoms with van der Waals surface area (Å²) in [5.41, 5.74) is 1.13. The zero-order chi connectivity index (χ0) is 12.4. The molecule has 5 heteroatoms. The Morgan fingerprint density at radius 3 is 2.72 bits per heavy atom. The highest BCUT2D eigenvalue weighted by Gasteiger charge is 2.19. The molecule has 1 saturated carbocycles. The number of nitrogens with one attached hydrogen (secondary N) is 1. The number of nitrogens with zero attached hydrogens (tertiary/aromatic N) is 4. The van der Waals surface area contributed by atoms with Gasteiger partial charge in [0.05, 0.1) is 0 Å². The zero-order valence-electron chi connectivity index (χ0n) is 10.5. The number of imidazole rings is 1. The van der Waals surface area contributed by atoms with Crippen LogP contribution in [0.5, 0.6) is 0 Å².